The number of pyridine rings is 1. The summed E-state index contributed by atoms with van der Waals surface area (Å²) in [5, 5.41) is 0. The van der Waals surface area contributed by atoms with E-state index >= 15 is 0 Å². The quantitative estimate of drug-likeness (QED) is 0.687. The van der Waals surface area contributed by atoms with Gasteiger partial charge in [-0.1, -0.05) is 60.2 Å². The molecular weight excluding hydrogens is 386 g/mol. The summed E-state index contributed by atoms with van der Waals surface area (Å²) < 4.78 is 0. The number of nitrogens with zero attached hydrogens (tertiary/aromatic N) is 2. The van der Waals surface area contributed by atoms with Gasteiger partial charge in [-0.2, -0.15) is 0 Å². The number of amides is 2. The molecule has 1 fully saturated rings. The second-order valence-corrected chi connectivity index (χ2v) is 8.43. The number of rotatable bonds is 5. The van der Waals surface area contributed by atoms with Crippen molar-refractivity contribution < 1.29 is 9.59 Å². The number of primary amides is 1. The lowest BCUT2D eigenvalue weighted by Gasteiger charge is -2.40. The highest BCUT2D eigenvalue weighted by Gasteiger charge is 2.42. The topological polar surface area (TPSA) is 76.3 Å². The molecule has 5 heteroatoms. The molecule has 2 N–H and O–H groups in total. The molecule has 1 aliphatic heterocycles. The molecule has 5 nitrogen and oxygen atoms in total. The average Bonchev–Trinajstić information content (AvgIpc) is 2.80. The van der Waals surface area contributed by atoms with Gasteiger partial charge in [0.15, 0.2) is 0 Å². The molecule has 158 valence electrons. The average molecular weight is 414 g/mol. The summed E-state index contributed by atoms with van der Waals surface area (Å²) in [7, 11) is 0. The zero-order chi connectivity index (χ0) is 21.8. The van der Waals surface area contributed by atoms with Gasteiger partial charge in [-0.25, -0.2) is 0 Å². The van der Waals surface area contributed by atoms with Crippen molar-refractivity contribution in [2.75, 3.05) is 13.1 Å². The highest BCUT2D eigenvalue weighted by molar-refractivity contribution is 5.93. The number of nitrogens with two attached hydrogens (primary N) is 1. The normalized spacial score (nSPS) is 18.5. The van der Waals surface area contributed by atoms with E-state index in [-0.39, 0.29) is 11.8 Å². The Morgan fingerprint density at radius 2 is 1.68 bits per heavy atom. The molecule has 2 amide bonds. The van der Waals surface area contributed by atoms with Crippen LogP contribution >= 0.6 is 0 Å². The van der Waals surface area contributed by atoms with Gasteiger partial charge in [0.1, 0.15) is 5.69 Å². The maximum Gasteiger partial charge on any atom is 0.272 e. The Labute approximate surface area is 182 Å². The number of aryl methyl sites for hydroxylation is 1. The SMILES string of the molecule is Cc1ccc(-c2ccc(C[C@]3(C(N)=O)CCCN(C(=O)c4ccccn4)C3)cc2)cc1. The van der Waals surface area contributed by atoms with Crippen molar-refractivity contribution in [2.24, 2.45) is 11.1 Å². The third-order valence-electron chi connectivity index (χ3n) is 6.15. The van der Waals surface area contributed by atoms with Gasteiger partial charge in [-0.15, -0.1) is 0 Å². The number of aromatic nitrogens is 1. The molecule has 1 atom stereocenters. The smallest absolute Gasteiger partial charge is 0.272 e. The lowest BCUT2D eigenvalue weighted by molar-refractivity contribution is -0.130. The van der Waals surface area contributed by atoms with E-state index in [2.05, 4.69) is 60.4 Å². The van der Waals surface area contributed by atoms with Crippen molar-refractivity contribution in [1.29, 1.82) is 0 Å². The molecule has 0 radical (unpaired) electrons. The van der Waals surface area contributed by atoms with E-state index in [4.69, 9.17) is 5.73 Å². The molecule has 0 spiro atoms. The maximum absolute atomic E-state index is 12.9. The van der Waals surface area contributed by atoms with Crippen molar-refractivity contribution in [2.45, 2.75) is 26.2 Å². The summed E-state index contributed by atoms with van der Waals surface area (Å²) in [6, 6.07) is 22.0. The molecule has 0 unspecified atom stereocenters. The Morgan fingerprint density at radius 1 is 1.00 bits per heavy atom. The van der Waals surface area contributed by atoms with E-state index in [0.717, 1.165) is 23.1 Å². The lowest BCUT2D eigenvalue weighted by atomic mass is 9.74. The number of piperidine rings is 1. The minimum atomic E-state index is -0.770. The zero-order valence-electron chi connectivity index (χ0n) is 17.8. The van der Waals surface area contributed by atoms with Crippen molar-refractivity contribution in [3.05, 3.63) is 89.7 Å². The molecule has 2 aromatic carbocycles. The Morgan fingerprint density at radius 3 is 2.29 bits per heavy atom. The standard InChI is InChI=1S/C26H27N3O2/c1-19-6-10-21(11-7-19)22-12-8-20(9-13-22)17-26(25(27)31)14-4-16-29(18-26)24(30)23-5-2-3-15-28-23/h2-3,5-13,15H,4,14,16-18H2,1H3,(H2,27,31)/t26-/m1/s1. The first-order valence-corrected chi connectivity index (χ1v) is 10.6. The van der Waals surface area contributed by atoms with Crippen LogP contribution in [0.1, 0.15) is 34.5 Å². The van der Waals surface area contributed by atoms with E-state index in [1.54, 1.807) is 29.3 Å². The fourth-order valence-electron chi connectivity index (χ4n) is 4.34. The van der Waals surface area contributed by atoms with Crippen LogP contribution in [0.25, 0.3) is 11.1 Å². The number of likely N-dealkylation sites (tertiary alicyclic amines) is 1. The van der Waals surface area contributed by atoms with Crippen LogP contribution < -0.4 is 5.73 Å². The van der Waals surface area contributed by atoms with Crippen molar-refractivity contribution in [3.63, 3.8) is 0 Å². The Hall–Kier alpha value is -3.47. The first kappa shape index (κ1) is 20.8. The van der Waals surface area contributed by atoms with Gasteiger partial charge in [0.2, 0.25) is 5.91 Å². The Balaban J connectivity index is 1.53. The highest BCUT2D eigenvalue weighted by Crippen LogP contribution is 2.34. The summed E-state index contributed by atoms with van der Waals surface area (Å²) in [5.74, 6) is -0.505. The van der Waals surface area contributed by atoms with Crippen LogP contribution in [0.3, 0.4) is 0 Å². The number of hydrogen-bond acceptors (Lipinski definition) is 3. The summed E-state index contributed by atoms with van der Waals surface area (Å²) in [4.78, 5) is 31.4. The van der Waals surface area contributed by atoms with Crippen molar-refractivity contribution in [1.82, 2.24) is 9.88 Å². The molecule has 0 saturated carbocycles. The number of carbonyl (C=O) groups excluding carboxylic acids is 2. The van der Waals surface area contributed by atoms with Gasteiger partial charge in [0.25, 0.3) is 5.91 Å². The molecule has 0 aliphatic carbocycles. The molecule has 0 bridgehead atoms. The molecule has 4 rings (SSSR count). The zero-order valence-corrected chi connectivity index (χ0v) is 17.8. The molecule has 1 aliphatic rings. The van der Waals surface area contributed by atoms with Crippen LogP contribution in [0.2, 0.25) is 0 Å². The fourth-order valence-corrected chi connectivity index (χ4v) is 4.34. The number of hydrogen-bond donors (Lipinski definition) is 1. The van der Waals surface area contributed by atoms with E-state index < -0.39 is 5.41 Å². The second-order valence-electron chi connectivity index (χ2n) is 8.43. The first-order chi connectivity index (χ1) is 15.0. The highest BCUT2D eigenvalue weighted by atomic mass is 16.2. The van der Waals surface area contributed by atoms with E-state index in [9.17, 15) is 9.59 Å². The summed E-state index contributed by atoms with van der Waals surface area (Å²) in [6.07, 6.45) is 3.54. The third-order valence-corrected chi connectivity index (χ3v) is 6.15. The monoisotopic (exact) mass is 413 g/mol. The van der Waals surface area contributed by atoms with Crippen LogP contribution in [0.15, 0.2) is 72.9 Å². The minimum Gasteiger partial charge on any atom is -0.369 e. The van der Waals surface area contributed by atoms with Crippen molar-refractivity contribution >= 4 is 11.8 Å². The number of benzene rings is 2. The van der Waals surface area contributed by atoms with Gasteiger partial charge in [0.05, 0.1) is 5.41 Å². The van der Waals surface area contributed by atoms with Gasteiger partial charge in [-0.05, 0) is 55.0 Å². The summed E-state index contributed by atoms with van der Waals surface area (Å²) in [5.41, 5.74) is 10.1. The van der Waals surface area contributed by atoms with E-state index in [1.807, 2.05) is 0 Å². The van der Waals surface area contributed by atoms with Gasteiger partial charge in [0, 0.05) is 19.3 Å². The fraction of sp³-hybridized carbons (Fsp3) is 0.269. The second kappa shape index (κ2) is 8.72. The van der Waals surface area contributed by atoms with Gasteiger partial charge in [-0.3, -0.25) is 14.6 Å². The Bertz CT molecular complexity index is 1060. The van der Waals surface area contributed by atoms with Crippen molar-refractivity contribution in [3.8, 4) is 11.1 Å². The largest absolute Gasteiger partial charge is 0.369 e. The van der Waals surface area contributed by atoms with Gasteiger partial charge < -0.3 is 10.6 Å². The molecule has 1 saturated heterocycles. The van der Waals surface area contributed by atoms with E-state index in [1.165, 1.54) is 5.56 Å². The molecule has 2 heterocycles. The predicted molar refractivity (Wildman–Crippen MR) is 121 cm³/mol. The van der Waals surface area contributed by atoms with Crippen LogP contribution in [-0.4, -0.2) is 34.8 Å². The van der Waals surface area contributed by atoms with Crippen LogP contribution in [0, 0.1) is 12.3 Å². The predicted octanol–water partition coefficient (Wildman–Crippen LogP) is 4.01. The molecular formula is C26H27N3O2. The van der Waals surface area contributed by atoms with Crippen LogP contribution in [0.5, 0.6) is 0 Å². The maximum atomic E-state index is 12.9. The van der Waals surface area contributed by atoms with Crippen LogP contribution in [0.4, 0.5) is 0 Å². The first-order valence-electron chi connectivity index (χ1n) is 10.6. The molecule has 1 aromatic heterocycles. The molecule has 3 aromatic rings. The molecule has 31 heavy (non-hydrogen) atoms. The van der Waals surface area contributed by atoms with Gasteiger partial charge >= 0.3 is 0 Å². The summed E-state index contributed by atoms with van der Waals surface area (Å²) in [6.45, 7) is 3.00. The van der Waals surface area contributed by atoms with E-state index in [0.29, 0.717) is 31.6 Å². The van der Waals surface area contributed by atoms with Crippen LogP contribution in [-0.2, 0) is 11.2 Å². The minimum absolute atomic E-state index is 0.152. The Kier molecular flexibility index (Phi) is 5.85. The lowest BCUT2D eigenvalue weighted by Crippen LogP contribution is -2.53. The number of carbonyl (C=O) groups is 2. The third kappa shape index (κ3) is 4.50. The summed E-state index contributed by atoms with van der Waals surface area (Å²) >= 11 is 0.